The molecule has 1 rings (SSSR count). The van der Waals surface area contributed by atoms with E-state index in [0.29, 0.717) is 6.54 Å². The quantitative estimate of drug-likeness (QED) is 0.806. The Hall–Kier alpha value is -0.730. The fourth-order valence-corrected chi connectivity index (χ4v) is 1.11. The van der Waals surface area contributed by atoms with Crippen LogP contribution in [-0.4, -0.2) is 17.3 Å². The molecule has 0 bridgehead atoms. The summed E-state index contributed by atoms with van der Waals surface area (Å²) >= 11 is 5.75. The molecule has 0 saturated heterocycles. The van der Waals surface area contributed by atoms with Crippen LogP contribution in [-0.2, 0) is 0 Å². The van der Waals surface area contributed by atoms with Crippen molar-refractivity contribution < 1.29 is 5.11 Å². The van der Waals surface area contributed by atoms with E-state index in [4.69, 9.17) is 11.6 Å². The molecule has 0 amide bonds. The molecule has 0 aliphatic heterocycles. The van der Waals surface area contributed by atoms with Crippen molar-refractivity contribution in [1.82, 2.24) is 0 Å². The summed E-state index contributed by atoms with van der Waals surface area (Å²) in [5.74, 6) is 0. The first kappa shape index (κ1) is 11.3. The fraction of sp³-hybridized carbons (Fsp3) is 0.455. The van der Waals surface area contributed by atoms with Gasteiger partial charge >= 0.3 is 0 Å². The molecule has 2 N–H and O–H groups in total. The first-order chi connectivity index (χ1) is 6.53. The lowest BCUT2D eigenvalue weighted by molar-refractivity contribution is 0.0697. The molecule has 0 radical (unpaired) electrons. The highest BCUT2D eigenvalue weighted by Gasteiger charge is 2.16. The van der Waals surface area contributed by atoms with Crippen molar-refractivity contribution >= 4 is 17.3 Å². The summed E-state index contributed by atoms with van der Waals surface area (Å²) in [6.07, 6.45) is 0.730. The van der Waals surface area contributed by atoms with Gasteiger partial charge in [-0.3, -0.25) is 0 Å². The first-order valence-electron chi connectivity index (χ1n) is 4.75. The van der Waals surface area contributed by atoms with E-state index in [-0.39, 0.29) is 0 Å². The Morgan fingerprint density at radius 1 is 1.36 bits per heavy atom. The summed E-state index contributed by atoms with van der Waals surface area (Å²) in [6.45, 7) is 4.32. The van der Waals surface area contributed by atoms with Gasteiger partial charge < -0.3 is 10.4 Å². The van der Waals surface area contributed by atoms with Gasteiger partial charge in [-0.1, -0.05) is 18.5 Å². The van der Waals surface area contributed by atoms with Gasteiger partial charge in [0.25, 0.3) is 0 Å². The highest BCUT2D eigenvalue weighted by Crippen LogP contribution is 2.15. The molecule has 0 spiro atoms. The van der Waals surface area contributed by atoms with E-state index in [1.165, 1.54) is 0 Å². The van der Waals surface area contributed by atoms with E-state index in [1.807, 2.05) is 38.1 Å². The van der Waals surface area contributed by atoms with Gasteiger partial charge in [0, 0.05) is 17.3 Å². The van der Waals surface area contributed by atoms with Crippen molar-refractivity contribution in [3.8, 4) is 0 Å². The summed E-state index contributed by atoms with van der Waals surface area (Å²) in [7, 11) is 0. The molecule has 2 nitrogen and oxygen atoms in total. The fourth-order valence-electron chi connectivity index (χ4n) is 0.985. The number of aliphatic hydroxyl groups is 1. The van der Waals surface area contributed by atoms with E-state index in [0.717, 1.165) is 17.1 Å². The average Bonchev–Trinajstić information content (AvgIpc) is 2.17. The van der Waals surface area contributed by atoms with E-state index < -0.39 is 5.60 Å². The van der Waals surface area contributed by atoms with Crippen LogP contribution in [0.15, 0.2) is 24.3 Å². The Balaban J connectivity index is 2.50. The Labute approximate surface area is 89.9 Å². The number of anilines is 1. The lowest BCUT2D eigenvalue weighted by Crippen LogP contribution is -2.32. The lowest BCUT2D eigenvalue weighted by atomic mass is 10.0. The molecule has 0 heterocycles. The number of nitrogens with one attached hydrogen (secondary N) is 1. The maximum absolute atomic E-state index is 9.75. The highest BCUT2D eigenvalue weighted by atomic mass is 35.5. The van der Waals surface area contributed by atoms with Crippen LogP contribution in [0, 0.1) is 0 Å². The molecule has 14 heavy (non-hydrogen) atoms. The zero-order valence-electron chi connectivity index (χ0n) is 8.55. The number of hydrogen-bond donors (Lipinski definition) is 2. The second-order valence-corrected chi connectivity index (χ2v) is 4.15. The van der Waals surface area contributed by atoms with Crippen LogP contribution in [0.5, 0.6) is 0 Å². The Kier molecular flexibility index (Phi) is 3.78. The van der Waals surface area contributed by atoms with E-state index in [9.17, 15) is 5.11 Å². The van der Waals surface area contributed by atoms with Gasteiger partial charge in [0.2, 0.25) is 0 Å². The topological polar surface area (TPSA) is 32.3 Å². The van der Waals surface area contributed by atoms with Crippen LogP contribution in [0.1, 0.15) is 20.3 Å². The standard InChI is InChI=1S/C11H16ClNO/c1-3-11(2,14)8-13-10-6-4-9(12)5-7-10/h4-7,13-14H,3,8H2,1-2H3. The second kappa shape index (κ2) is 4.67. The second-order valence-electron chi connectivity index (χ2n) is 3.71. The van der Waals surface area contributed by atoms with Gasteiger partial charge in [0.15, 0.2) is 0 Å². The third-order valence-corrected chi connectivity index (χ3v) is 2.53. The predicted octanol–water partition coefficient (Wildman–Crippen LogP) is 2.91. The summed E-state index contributed by atoms with van der Waals surface area (Å²) in [5, 5.41) is 13.6. The highest BCUT2D eigenvalue weighted by molar-refractivity contribution is 6.30. The number of hydrogen-bond acceptors (Lipinski definition) is 2. The van der Waals surface area contributed by atoms with Crippen LogP contribution in [0.25, 0.3) is 0 Å². The molecule has 0 saturated carbocycles. The summed E-state index contributed by atoms with van der Waals surface area (Å²) in [6, 6.07) is 7.44. The van der Waals surface area contributed by atoms with Crippen molar-refractivity contribution in [3.05, 3.63) is 29.3 Å². The normalized spacial score (nSPS) is 14.9. The molecule has 78 valence electrons. The average molecular weight is 214 g/mol. The molecular formula is C11H16ClNO. The zero-order valence-corrected chi connectivity index (χ0v) is 9.30. The largest absolute Gasteiger partial charge is 0.388 e. The summed E-state index contributed by atoms with van der Waals surface area (Å²) < 4.78 is 0. The molecule has 1 aromatic rings. The maximum Gasteiger partial charge on any atom is 0.0788 e. The van der Waals surface area contributed by atoms with E-state index >= 15 is 0 Å². The summed E-state index contributed by atoms with van der Waals surface area (Å²) in [5.41, 5.74) is 0.322. The van der Waals surface area contributed by atoms with Crippen LogP contribution in [0.2, 0.25) is 5.02 Å². The van der Waals surface area contributed by atoms with Crippen molar-refractivity contribution in [1.29, 1.82) is 0 Å². The SMILES string of the molecule is CCC(C)(O)CNc1ccc(Cl)cc1. The van der Waals surface area contributed by atoms with Crippen LogP contribution in [0.4, 0.5) is 5.69 Å². The predicted molar refractivity (Wildman–Crippen MR) is 60.9 cm³/mol. The molecule has 1 unspecified atom stereocenters. The molecule has 0 aliphatic carbocycles. The first-order valence-corrected chi connectivity index (χ1v) is 5.13. The van der Waals surface area contributed by atoms with Crippen LogP contribution < -0.4 is 5.32 Å². The number of rotatable bonds is 4. The Bertz CT molecular complexity index is 282. The minimum absolute atomic E-state index is 0.547. The zero-order chi connectivity index (χ0) is 10.6. The van der Waals surface area contributed by atoms with Gasteiger partial charge in [0.05, 0.1) is 5.60 Å². The minimum atomic E-state index is -0.653. The molecule has 1 atom stereocenters. The van der Waals surface area contributed by atoms with Crippen LogP contribution >= 0.6 is 11.6 Å². The van der Waals surface area contributed by atoms with Crippen molar-refractivity contribution in [2.45, 2.75) is 25.9 Å². The maximum atomic E-state index is 9.75. The van der Waals surface area contributed by atoms with Gasteiger partial charge in [0.1, 0.15) is 0 Å². The lowest BCUT2D eigenvalue weighted by Gasteiger charge is -2.22. The van der Waals surface area contributed by atoms with E-state index in [2.05, 4.69) is 5.32 Å². The molecule has 3 heteroatoms. The van der Waals surface area contributed by atoms with Crippen molar-refractivity contribution in [2.24, 2.45) is 0 Å². The molecule has 1 aromatic carbocycles. The minimum Gasteiger partial charge on any atom is -0.388 e. The van der Waals surface area contributed by atoms with Crippen molar-refractivity contribution in [3.63, 3.8) is 0 Å². The van der Waals surface area contributed by atoms with Gasteiger partial charge in [-0.25, -0.2) is 0 Å². The van der Waals surface area contributed by atoms with Crippen LogP contribution in [0.3, 0.4) is 0 Å². The molecule has 0 aromatic heterocycles. The van der Waals surface area contributed by atoms with E-state index in [1.54, 1.807) is 0 Å². The van der Waals surface area contributed by atoms with Crippen molar-refractivity contribution in [2.75, 3.05) is 11.9 Å². The number of benzene rings is 1. The number of halogens is 1. The monoisotopic (exact) mass is 213 g/mol. The Morgan fingerprint density at radius 2 is 1.93 bits per heavy atom. The van der Waals surface area contributed by atoms with Gasteiger partial charge in [-0.15, -0.1) is 0 Å². The smallest absolute Gasteiger partial charge is 0.0788 e. The third kappa shape index (κ3) is 3.56. The van der Waals surface area contributed by atoms with Gasteiger partial charge in [-0.2, -0.15) is 0 Å². The molecule has 0 fully saturated rings. The Morgan fingerprint density at radius 3 is 2.43 bits per heavy atom. The summed E-state index contributed by atoms with van der Waals surface area (Å²) in [4.78, 5) is 0. The van der Waals surface area contributed by atoms with Gasteiger partial charge in [-0.05, 0) is 37.6 Å². The molecule has 0 aliphatic rings. The molecular weight excluding hydrogens is 198 g/mol. The third-order valence-electron chi connectivity index (χ3n) is 2.28.